The summed E-state index contributed by atoms with van der Waals surface area (Å²) in [6, 6.07) is 3.51. The molecule has 2 aliphatic rings. The number of fused-ring (bicyclic) bond motifs is 2. The summed E-state index contributed by atoms with van der Waals surface area (Å²) in [7, 11) is 0. The summed E-state index contributed by atoms with van der Waals surface area (Å²) in [5, 5.41) is 38.9. The van der Waals surface area contributed by atoms with Gasteiger partial charge < -0.3 is 25.0 Å². The fourth-order valence-electron chi connectivity index (χ4n) is 2.93. The lowest BCUT2D eigenvalue weighted by Crippen LogP contribution is -2.42. The fraction of sp³-hybridized carbons (Fsp3) is 0.412. The van der Waals surface area contributed by atoms with Crippen molar-refractivity contribution in [2.45, 2.75) is 38.7 Å². The van der Waals surface area contributed by atoms with Gasteiger partial charge in [-0.15, -0.1) is 0 Å². The third kappa shape index (κ3) is 3.42. The average Bonchev–Trinajstić information content (AvgIpc) is 2.67. The van der Waals surface area contributed by atoms with E-state index in [-0.39, 0.29) is 18.1 Å². The highest BCUT2D eigenvalue weighted by Gasteiger charge is 2.28. The van der Waals surface area contributed by atoms with Crippen LogP contribution in [0, 0.1) is 13.8 Å². The molecule has 0 saturated heterocycles. The lowest BCUT2D eigenvalue weighted by Gasteiger charge is -2.25. The molecule has 0 amide bonds. The zero-order valence-electron chi connectivity index (χ0n) is 15.1. The number of rotatable bonds is 5. The highest BCUT2D eigenvalue weighted by atomic mass is 32.1. The topological polar surface area (TPSA) is 151 Å². The second-order valence-corrected chi connectivity index (χ2v) is 7.04. The van der Waals surface area contributed by atoms with Crippen LogP contribution in [0.2, 0.25) is 0 Å². The van der Waals surface area contributed by atoms with E-state index in [1.165, 1.54) is 4.57 Å². The van der Waals surface area contributed by atoms with Gasteiger partial charge in [0, 0.05) is 0 Å². The predicted octanol–water partition coefficient (Wildman–Crippen LogP) is -1.56. The van der Waals surface area contributed by atoms with Crippen LogP contribution in [0.4, 0.5) is 0 Å². The van der Waals surface area contributed by atoms with E-state index < -0.39 is 36.2 Å². The van der Waals surface area contributed by atoms with E-state index in [0.29, 0.717) is 15.0 Å². The van der Waals surface area contributed by atoms with Gasteiger partial charge in [-0.25, -0.2) is 9.78 Å². The zero-order valence-corrected chi connectivity index (χ0v) is 16.0. The summed E-state index contributed by atoms with van der Waals surface area (Å²) in [5.41, 5.74) is 0.909. The van der Waals surface area contributed by atoms with E-state index in [1.54, 1.807) is 12.1 Å². The van der Waals surface area contributed by atoms with Crippen LogP contribution < -0.4 is 11.2 Å². The molecule has 150 valence electrons. The maximum absolute atomic E-state index is 12.5. The molecule has 3 unspecified atom stereocenters. The molecule has 3 rings (SSSR count). The van der Waals surface area contributed by atoms with Gasteiger partial charge in [-0.05, 0) is 37.1 Å². The lowest BCUT2D eigenvalue weighted by atomic mass is 10.1. The first-order valence-corrected chi connectivity index (χ1v) is 8.84. The largest absolute Gasteiger partial charge is 0.394 e. The predicted molar refractivity (Wildman–Crippen MR) is 104 cm³/mol. The number of nitrogens with zero attached hydrogens (tertiary/aromatic N) is 4. The van der Waals surface area contributed by atoms with Gasteiger partial charge >= 0.3 is 5.69 Å². The van der Waals surface area contributed by atoms with Crippen molar-refractivity contribution in [2.24, 2.45) is 0 Å². The summed E-state index contributed by atoms with van der Waals surface area (Å²) in [6.07, 6.45) is -4.73. The summed E-state index contributed by atoms with van der Waals surface area (Å²) >= 11 is 3.82. The third-order valence-electron chi connectivity index (χ3n) is 4.70. The van der Waals surface area contributed by atoms with Gasteiger partial charge in [-0.3, -0.25) is 4.79 Å². The van der Waals surface area contributed by atoms with E-state index in [4.69, 9.17) is 5.11 Å². The summed E-state index contributed by atoms with van der Waals surface area (Å²) < 4.78 is 1.92. The Balaban J connectivity index is 2.32. The maximum atomic E-state index is 12.5. The van der Waals surface area contributed by atoms with Crippen LogP contribution >= 0.6 is 12.8 Å². The van der Waals surface area contributed by atoms with Crippen molar-refractivity contribution in [1.29, 1.82) is 0 Å². The molecule has 0 fully saturated rings. The van der Waals surface area contributed by atoms with Crippen LogP contribution in [-0.2, 0) is 6.54 Å². The number of benzene rings is 1. The van der Waals surface area contributed by atoms with Crippen molar-refractivity contribution in [3.63, 3.8) is 0 Å². The van der Waals surface area contributed by atoms with Crippen LogP contribution in [0.3, 0.4) is 0 Å². The van der Waals surface area contributed by atoms with E-state index in [0.717, 1.165) is 11.1 Å². The number of hydrogen-bond donors (Lipinski definition) is 5. The molecule has 0 saturated carbocycles. The molecule has 0 bridgehead atoms. The molecule has 0 aromatic heterocycles. The SMILES string of the molecule is Cc1cc2nc3c(=O)n(S)c(=O)nc-3n(CC(O)C(O)C(O)CO)c2cc1C. The molecule has 3 atom stereocenters. The van der Waals surface area contributed by atoms with Gasteiger partial charge in [0.15, 0.2) is 11.5 Å². The van der Waals surface area contributed by atoms with Gasteiger partial charge in [0.1, 0.15) is 18.3 Å². The molecule has 2 aliphatic heterocycles. The first kappa shape index (κ1) is 20.4. The van der Waals surface area contributed by atoms with Crippen LogP contribution in [0.5, 0.6) is 0 Å². The highest BCUT2D eigenvalue weighted by molar-refractivity contribution is 7.78. The Morgan fingerprint density at radius 3 is 2.36 bits per heavy atom. The Hall–Kier alpha value is -2.31. The molecule has 2 heterocycles. The minimum atomic E-state index is -1.65. The quantitative estimate of drug-likeness (QED) is 0.251. The van der Waals surface area contributed by atoms with Crippen LogP contribution in [0.15, 0.2) is 21.7 Å². The molecule has 0 radical (unpaired) electrons. The molecular weight excluding hydrogens is 388 g/mol. The highest BCUT2D eigenvalue weighted by Crippen LogP contribution is 2.24. The molecule has 0 aliphatic carbocycles. The first-order valence-electron chi connectivity index (χ1n) is 8.44. The molecule has 28 heavy (non-hydrogen) atoms. The molecule has 1 aromatic carbocycles. The Bertz CT molecular complexity index is 1130. The Morgan fingerprint density at radius 2 is 1.71 bits per heavy atom. The summed E-state index contributed by atoms with van der Waals surface area (Å²) in [5.74, 6) is -0.0826. The smallest absolute Gasteiger partial charge is 0.362 e. The fourth-order valence-corrected chi connectivity index (χ4v) is 3.07. The van der Waals surface area contributed by atoms with Gasteiger partial charge in [0.2, 0.25) is 0 Å². The second kappa shape index (κ2) is 7.60. The molecule has 4 N–H and O–H groups in total. The normalized spacial score (nSPS) is 15.1. The number of thiol groups is 1. The monoisotopic (exact) mass is 408 g/mol. The number of hydrogen-bond acceptors (Lipinski definition) is 9. The molecular formula is C17H20N4O6S. The third-order valence-corrected chi connectivity index (χ3v) is 5.06. The van der Waals surface area contributed by atoms with Crippen LogP contribution in [0.1, 0.15) is 11.1 Å². The average molecular weight is 408 g/mol. The molecule has 10 nitrogen and oxygen atoms in total. The zero-order chi connectivity index (χ0) is 20.7. The minimum absolute atomic E-state index is 0.0826. The summed E-state index contributed by atoms with van der Waals surface area (Å²) in [4.78, 5) is 32.6. The van der Waals surface area contributed by atoms with Crippen molar-refractivity contribution in [1.82, 2.24) is 18.5 Å². The number of aliphatic hydroxyl groups excluding tert-OH is 4. The van der Waals surface area contributed by atoms with Crippen molar-refractivity contribution in [3.05, 3.63) is 44.1 Å². The molecule has 1 aromatic rings. The first-order chi connectivity index (χ1) is 13.1. The van der Waals surface area contributed by atoms with Crippen LogP contribution in [-0.4, -0.2) is 63.9 Å². The molecule has 0 spiro atoms. The second-order valence-electron chi connectivity index (χ2n) is 6.64. The van der Waals surface area contributed by atoms with Gasteiger partial charge in [0.25, 0.3) is 5.56 Å². The van der Waals surface area contributed by atoms with Crippen molar-refractivity contribution < 1.29 is 20.4 Å². The Kier molecular flexibility index (Phi) is 5.55. The Labute approximate surface area is 164 Å². The molecule has 11 heteroatoms. The minimum Gasteiger partial charge on any atom is -0.394 e. The van der Waals surface area contributed by atoms with E-state index in [9.17, 15) is 24.9 Å². The van der Waals surface area contributed by atoms with E-state index in [2.05, 4.69) is 22.8 Å². The number of aryl methyl sites for hydroxylation is 2. The lowest BCUT2D eigenvalue weighted by molar-refractivity contribution is -0.0802. The van der Waals surface area contributed by atoms with Gasteiger partial charge in [0.05, 0.1) is 24.2 Å². The number of aromatic nitrogens is 4. The summed E-state index contributed by atoms with van der Waals surface area (Å²) in [6.45, 7) is 2.68. The van der Waals surface area contributed by atoms with E-state index in [1.807, 2.05) is 13.8 Å². The van der Waals surface area contributed by atoms with Gasteiger partial charge in [-0.2, -0.15) is 8.96 Å². The van der Waals surface area contributed by atoms with Crippen molar-refractivity contribution >= 4 is 23.8 Å². The van der Waals surface area contributed by atoms with Gasteiger partial charge in [-0.1, -0.05) is 12.8 Å². The van der Waals surface area contributed by atoms with Crippen LogP contribution in [0.25, 0.3) is 22.6 Å². The maximum Gasteiger partial charge on any atom is 0.362 e. The Morgan fingerprint density at radius 1 is 1.07 bits per heavy atom. The standard InChI is InChI=1S/C17H20N4O6S/c1-7-3-9-10(4-8(7)2)20(5-11(23)14(25)12(24)6-22)15-13(18-9)16(26)21(28)17(27)19-15/h3-4,11-12,14,22-25,28H,5-6H2,1-2H3. The van der Waals surface area contributed by atoms with Crippen molar-refractivity contribution in [3.8, 4) is 11.5 Å². The van der Waals surface area contributed by atoms with E-state index >= 15 is 0 Å². The number of aliphatic hydroxyl groups is 4. The van der Waals surface area contributed by atoms with Crippen molar-refractivity contribution in [2.75, 3.05) is 6.61 Å².